The van der Waals surface area contributed by atoms with Crippen LogP contribution in [0.3, 0.4) is 0 Å². The zero-order valence-corrected chi connectivity index (χ0v) is 11.8. The van der Waals surface area contributed by atoms with Gasteiger partial charge in [-0.1, -0.05) is 0 Å². The predicted octanol–water partition coefficient (Wildman–Crippen LogP) is 2.22. The third kappa shape index (κ3) is 2.68. The zero-order valence-electron chi connectivity index (χ0n) is 11.0. The molecule has 3 rings (SSSR count). The summed E-state index contributed by atoms with van der Waals surface area (Å²) in [6, 6.07) is 2.77. The second-order valence-electron chi connectivity index (χ2n) is 4.69. The van der Waals surface area contributed by atoms with Gasteiger partial charge in [-0.25, -0.2) is 9.97 Å². The third-order valence-electron chi connectivity index (χ3n) is 3.26. The molecule has 0 fully saturated rings. The van der Waals surface area contributed by atoms with Crippen molar-refractivity contribution in [2.45, 2.75) is 32.2 Å². The lowest BCUT2D eigenvalue weighted by atomic mass is 9.98. The fraction of sp³-hybridized carbons (Fsp3) is 0.462. The fourth-order valence-electron chi connectivity index (χ4n) is 2.34. The molecule has 0 bridgehead atoms. The number of nitrogens with zero attached hydrogens (tertiary/aromatic N) is 3. The standard InChI is InChI=1S/C13H16N4OS/c1-8-5-12(17-13(15-8)18-2)16-9-3-4-10-11(6-9)19-7-14-10/h5,7,9H,3-4,6H2,1-2H3,(H,15,16,17)/t9-/m0/s1. The van der Waals surface area contributed by atoms with Crippen molar-refractivity contribution in [3.05, 3.63) is 27.8 Å². The van der Waals surface area contributed by atoms with Gasteiger partial charge in [0.2, 0.25) is 0 Å². The number of hydrogen-bond donors (Lipinski definition) is 1. The van der Waals surface area contributed by atoms with Crippen LogP contribution in [0, 0.1) is 6.92 Å². The molecule has 2 aromatic heterocycles. The summed E-state index contributed by atoms with van der Waals surface area (Å²) in [4.78, 5) is 14.3. The van der Waals surface area contributed by atoms with E-state index in [9.17, 15) is 0 Å². The van der Waals surface area contributed by atoms with Crippen molar-refractivity contribution >= 4 is 17.2 Å². The fourth-order valence-corrected chi connectivity index (χ4v) is 3.23. The van der Waals surface area contributed by atoms with Crippen LogP contribution >= 0.6 is 11.3 Å². The van der Waals surface area contributed by atoms with Crippen molar-refractivity contribution in [3.8, 4) is 6.01 Å². The van der Waals surface area contributed by atoms with Crippen molar-refractivity contribution in [1.82, 2.24) is 15.0 Å². The zero-order chi connectivity index (χ0) is 13.2. The highest BCUT2D eigenvalue weighted by molar-refractivity contribution is 7.09. The molecule has 0 aliphatic heterocycles. The van der Waals surface area contributed by atoms with Gasteiger partial charge in [-0.15, -0.1) is 11.3 Å². The number of ether oxygens (including phenoxy) is 1. The van der Waals surface area contributed by atoms with E-state index < -0.39 is 0 Å². The first-order valence-electron chi connectivity index (χ1n) is 6.32. The van der Waals surface area contributed by atoms with Gasteiger partial charge in [0.25, 0.3) is 0 Å². The van der Waals surface area contributed by atoms with E-state index in [1.165, 1.54) is 10.6 Å². The molecule has 1 atom stereocenters. The largest absolute Gasteiger partial charge is 0.467 e. The van der Waals surface area contributed by atoms with Gasteiger partial charge < -0.3 is 10.1 Å². The molecular weight excluding hydrogens is 260 g/mol. The Hall–Kier alpha value is -1.69. The minimum Gasteiger partial charge on any atom is -0.467 e. The quantitative estimate of drug-likeness (QED) is 0.931. The van der Waals surface area contributed by atoms with E-state index in [2.05, 4.69) is 20.3 Å². The first-order chi connectivity index (χ1) is 9.24. The number of hydrogen-bond acceptors (Lipinski definition) is 6. The maximum absolute atomic E-state index is 5.10. The first-order valence-corrected chi connectivity index (χ1v) is 7.20. The van der Waals surface area contributed by atoms with Gasteiger partial charge in [-0.3, -0.25) is 0 Å². The molecule has 2 aromatic rings. The highest BCUT2D eigenvalue weighted by Crippen LogP contribution is 2.25. The average molecular weight is 276 g/mol. The van der Waals surface area contributed by atoms with E-state index in [-0.39, 0.29) is 0 Å². The summed E-state index contributed by atoms with van der Waals surface area (Å²) in [7, 11) is 1.59. The van der Waals surface area contributed by atoms with Crippen LogP contribution in [0.1, 0.15) is 22.7 Å². The van der Waals surface area contributed by atoms with Crippen LogP contribution < -0.4 is 10.1 Å². The molecule has 0 spiro atoms. The number of aryl methyl sites for hydroxylation is 2. The van der Waals surface area contributed by atoms with Crippen molar-refractivity contribution in [2.75, 3.05) is 12.4 Å². The molecule has 19 heavy (non-hydrogen) atoms. The molecule has 2 heterocycles. The molecule has 0 saturated carbocycles. The van der Waals surface area contributed by atoms with Crippen molar-refractivity contribution in [1.29, 1.82) is 0 Å². The number of rotatable bonds is 3. The summed E-state index contributed by atoms with van der Waals surface area (Å²) in [6.07, 6.45) is 3.14. The summed E-state index contributed by atoms with van der Waals surface area (Å²) < 4.78 is 5.10. The molecule has 1 N–H and O–H groups in total. The predicted molar refractivity (Wildman–Crippen MR) is 74.9 cm³/mol. The first kappa shape index (κ1) is 12.3. The number of anilines is 1. The van der Waals surface area contributed by atoms with E-state index in [4.69, 9.17) is 4.74 Å². The van der Waals surface area contributed by atoms with E-state index >= 15 is 0 Å². The molecule has 100 valence electrons. The Balaban J connectivity index is 1.74. The topological polar surface area (TPSA) is 59.9 Å². The number of nitrogens with one attached hydrogen (secondary N) is 1. The van der Waals surface area contributed by atoms with Crippen LogP contribution in [-0.4, -0.2) is 28.1 Å². The van der Waals surface area contributed by atoms with Crippen LogP contribution in [0.15, 0.2) is 11.6 Å². The van der Waals surface area contributed by atoms with Gasteiger partial charge in [0.15, 0.2) is 0 Å². The second kappa shape index (κ2) is 5.13. The molecule has 6 heteroatoms. The second-order valence-corrected chi connectivity index (χ2v) is 5.63. The van der Waals surface area contributed by atoms with Crippen LogP contribution in [0.2, 0.25) is 0 Å². The minimum absolute atomic E-state index is 0.409. The molecule has 0 aromatic carbocycles. The highest BCUT2D eigenvalue weighted by atomic mass is 32.1. The van der Waals surface area contributed by atoms with E-state index in [1.807, 2.05) is 18.5 Å². The van der Waals surface area contributed by atoms with Crippen LogP contribution in [0.4, 0.5) is 5.82 Å². The number of methoxy groups -OCH3 is 1. The van der Waals surface area contributed by atoms with Crippen molar-refractivity contribution in [2.24, 2.45) is 0 Å². The maximum atomic E-state index is 5.10. The molecule has 0 unspecified atom stereocenters. The number of aromatic nitrogens is 3. The SMILES string of the molecule is COc1nc(C)cc(N[C@H]2CCc3ncsc3C2)n1. The Morgan fingerprint density at radius 2 is 2.32 bits per heavy atom. The Morgan fingerprint density at radius 3 is 3.16 bits per heavy atom. The normalized spacial score (nSPS) is 17.9. The van der Waals surface area contributed by atoms with Gasteiger partial charge in [-0.2, -0.15) is 4.98 Å². The Bertz CT molecular complexity index is 584. The Morgan fingerprint density at radius 1 is 1.42 bits per heavy atom. The lowest BCUT2D eigenvalue weighted by Crippen LogP contribution is -2.27. The van der Waals surface area contributed by atoms with Gasteiger partial charge in [0, 0.05) is 29.1 Å². The summed E-state index contributed by atoms with van der Waals surface area (Å²) in [6.45, 7) is 1.94. The molecule has 5 nitrogen and oxygen atoms in total. The third-order valence-corrected chi connectivity index (χ3v) is 4.15. The van der Waals surface area contributed by atoms with Gasteiger partial charge in [-0.05, 0) is 19.8 Å². The van der Waals surface area contributed by atoms with Gasteiger partial charge in [0.05, 0.1) is 18.3 Å². The Kier molecular flexibility index (Phi) is 3.33. The monoisotopic (exact) mass is 276 g/mol. The number of thiazole rings is 1. The maximum Gasteiger partial charge on any atom is 0.318 e. The van der Waals surface area contributed by atoms with Crippen molar-refractivity contribution < 1.29 is 4.74 Å². The highest BCUT2D eigenvalue weighted by Gasteiger charge is 2.21. The smallest absolute Gasteiger partial charge is 0.318 e. The van der Waals surface area contributed by atoms with Gasteiger partial charge >= 0.3 is 6.01 Å². The van der Waals surface area contributed by atoms with E-state index in [1.54, 1.807) is 18.4 Å². The minimum atomic E-state index is 0.409. The Labute approximate surface area is 116 Å². The lowest BCUT2D eigenvalue weighted by molar-refractivity contribution is 0.379. The average Bonchev–Trinajstić information content (AvgIpc) is 2.85. The van der Waals surface area contributed by atoms with Crippen LogP contribution in [-0.2, 0) is 12.8 Å². The summed E-state index contributed by atoms with van der Waals surface area (Å²) >= 11 is 1.74. The number of fused-ring (bicyclic) bond motifs is 1. The summed E-state index contributed by atoms with van der Waals surface area (Å²) in [5.74, 6) is 0.835. The summed E-state index contributed by atoms with van der Waals surface area (Å²) in [5.41, 5.74) is 4.10. The van der Waals surface area contributed by atoms with Crippen LogP contribution in [0.5, 0.6) is 6.01 Å². The summed E-state index contributed by atoms with van der Waals surface area (Å²) in [5, 5.41) is 3.47. The molecule has 1 aliphatic rings. The van der Waals surface area contributed by atoms with Crippen LogP contribution in [0.25, 0.3) is 0 Å². The van der Waals surface area contributed by atoms with Crippen molar-refractivity contribution in [3.63, 3.8) is 0 Å². The molecule has 0 radical (unpaired) electrons. The van der Waals surface area contributed by atoms with E-state index in [0.29, 0.717) is 12.1 Å². The lowest BCUT2D eigenvalue weighted by Gasteiger charge is -2.23. The molecular formula is C13H16N4OS. The van der Waals surface area contributed by atoms with E-state index in [0.717, 1.165) is 30.8 Å². The van der Waals surface area contributed by atoms with Gasteiger partial charge in [0.1, 0.15) is 5.82 Å². The molecule has 1 aliphatic carbocycles. The molecule has 0 saturated heterocycles. The molecule has 0 amide bonds.